The molecule has 0 N–H and O–H groups in total. The average Bonchev–Trinajstić information content (AvgIpc) is 2.17. The molecule has 1 unspecified atom stereocenters. The number of ether oxygens (including phenoxy) is 1. The Labute approximate surface area is 94.8 Å². The van der Waals surface area contributed by atoms with Gasteiger partial charge in [-0.25, -0.2) is 0 Å². The smallest absolute Gasteiger partial charge is 0.125 e. The Morgan fingerprint density at radius 1 is 1.50 bits per heavy atom. The van der Waals surface area contributed by atoms with E-state index >= 15 is 0 Å². The monoisotopic (exact) mass is 230 g/mol. The summed E-state index contributed by atoms with van der Waals surface area (Å²) in [7, 11) is 0. The average molecular weight is 231 g/mol. The third-order valence-electron chi connectivity index (χ3n) is 2.07. The van der Waals surface area contributed by atoms with Gasteiger partial charge in [-0.2, -0.15) is 11.8 Å². The molecule has 1 aromatic carbocycles. The fourth-order valence-electron chi connectivity index (χ4n) is 1.25. The van der Waals surface area contributed by atoms with Crippen molar-refractivity contribution >= 4 is 23.4 Å². The van der Waals surface area contributed by atoms with E-state index in [2.05, 4.69) is 13.2 Å². The van der Waals surface area contributed by atoms with E-state index in [0.29, 0.717) is 11.9 Å². The predicted octanol–water partition coefficient (Wildman–Crippen LogP) is 4.16. The summed E-state index contributed by atoms with van der Waals surface area (Å²) in [5.74, 6) is 0.904. The first-order chi connectivity index (χ1) is 6.69. The molecule has 0 fully saturated rings. The van der Waals surface area contributed by atoms with Crippen LogP contribution in [0.4, 0.5) is 0 Å². The van der Waals surface area contributed by atoms with Crippen molar-refractivity contribution in [3.05, 3.63) is 28.8 Å². The zero-order valence-corrected chi connectivity index (χ0v) is 10.3. The van der Waals surface area contributed by atoms with Crippen LogP contribution in [0, 0.1) is 0 Å². The summed E-state index contributed by atoms with van der Waals surface area (Å²) in [5.41, 5.74) is 1.21. The van der Waals surface area contributed by atoms with Crippen LogP contribution in [0.5, 0.6) is 5.75 Å². The molecule has 0 saturated heterocycles. The highest BCUT2D eigenvalue weighted by molar-refractivity contribution is 7.98. The summed E-state index contributed by atoms with van der Waals surface area (Å²) in [6.45, 7) is 4.82. The lowest BCUT2D eigenvalue weighted by molar-refractivity contribution is 0.336. The van der Waals surface area contributed by atoms with Gasteiger partial charge in [-0.15, -0.1) is 0 Å². The Balaban J connectivity index is 3.01. The molecule has 0 radical (unpaired) electrons. The molecule has 0 bridgehead atoms. The van der Waals surface area contributed by atoms with Gasteiger partial charge in [0.1, 0.15) is 5.75 Å². The molecule has 3 heteroatoms. The summed E-state index contributed by atoms with van der Waals surface area (Å²) < 4.78 is 5.54. The molecule has 0 amide bonds. The minimum Gasteiger partial charge on any atom is -0.494 e. The van der Waals surface area contributed by atoms with Crippen LogP contribution in [-0.4, -0.2) is 12.9 Å². The first-order valence-corrected chi connectivity index (χ1v) is 6.30. The molecule has 0 spiro atoms. The van der Waals surface area contributed by atoms with Crippen LogP contribution >= 0.6 is 23.4 Å². The van der Waals surface area contributed by atoms with Crippen molar-refractivity contribution in [2.24, 2.45) is 0 Å². The summed E-state index contributed by atoms with van der Waals surface area (Å²) in [6.07, 6.45) is 2.09. The molecular weight excluding hydrogens is 216 g/mol. The van der Waals surface area contributed by atoms with Crippen LogP contribution < -0.4 is 4.74 Å². The molecule has 1 nitrogen and oxygen atoms in total. The van der Waals surface area contributed by atoms with Gasteiger partial charge in [-0.1, -0.05) is 17.7 Å². The first-order valence-electron chi connectivity index (χ1n) is 4.64. The SMILES string of the molecule is CCOc1cc(Cl)ccc1C(C)SC. The standard InChI is InChI=1S/C11H15ClOS/c1-4-13-11-7-9(12)5-6-10(11)8(2)14-3/h5-8H,4H2,1-3H3. The van der Waals surface area contributed by atoms with E-state index < -0.39 is 0 Å². The number of thioether (sulfide) groups is 1. The van der Waals surface area contributed by atoms with E-state index in [1.54, 1.807) is 11.8 Å². The van der Waals surface area contributed by atoms with Crippen molar-refractivity contribution in [1.29, 1.82) is 0 Å². The van der Waals surface area contributed by atoms with Gasteiger partial charge < -0.3 is 4.74 Å². The second-order valence-corrected chi connectivity index (χ2v) is 4.61. The van der Waals surface area contributed by atoms with E-state index in [9.17, 15) is 0 Å². The maximum Gasteiger partial charge on any atom is 0.125 e. The Kier molecular flexibility index (Phi) is 4.63. The van der Waals surface area contributed by atoms with Crippen LogP contribution in [0.3, 0.4) is 0 Å². The number of halogens is 1. The number of hydrogen-bond acceptors (Lipinski definition) is 2. The fourth-order valence-corrected chi connectivity index (χ4v) is 1.86. The molecule has 78 valence electrons. The summed E-state index contributed by atoms with van der Waals surface area (Å²) in [4.78, 5) is 0. The lowest BCUT2D eigenvalue weighted by Gasteiger charge is -2.14. The zero-order chi connectivity index (χ0) is 10.6. The molecule has 1 rings (SSSR count). The topological polar surface area (TPSA) is 9.23 Å². The van der Waals surface area contributed by atoms with Gasteiger partial charge in [0.2, 0.25) is 0 Å². The van der Waals surface area contributed by atoms with Crippen molar-refractivity contribution < 1.29 is 4.74 Å². The van der Waals surface area contributed by atoms with Crippen LogP contribution in [0.15, 0.2) is 18.2 Å². The lowest BCUT2D eigenvalue weighted by atomic mass is 10.1. The van der Waals surface area contributed by atoms with Gasteiger partial charge in [0, 0.05) is 15.8 Å². The zero-order valence-electron chi connectivity index (χ0n) is 8.71. The summed E-state index contributed by atoms with van der Waals surface area (Å²) in [6, 6.07) is 5.83. The predicted molar refractivity (Wildman–Crippen MR) is 64.6 cm³/mol. The molecule has 0 aliphatic heterocycles. The molecule has 1 atom stereocenters. The van der Waals surface area contributed by atoms with Gasteiger partial charge >= 0.3 is 0 Å². The number of hydrogen-bond donors (Lipinski definition) is 0. The Morgan fingerprint density at radius 3 is 2.79 bits per heavy atom. The van der Waals surface area contributed by atoms with E-state index in [-0.39, 0.29) is 0 Å². The van der Waals surface area contributed by atoms with E-state index in [4.69, 9.17) is 16.3 Å². The van der Waals surface area contributed by atoms with Crippen LogP contribution in [-0.2, 0) is 0 Å². The summed E-state index contributed by atoms with van der Waals surface area (Å²) >= 11 is 7.71. The molecule has 0 heterocycles. The van der Waals surface area contributed by atoms with E-state index in [1.165, 1.54) is 5.56 Å². The Morgan fingerprint density at radius 2 is 2.21 bits per heavy atom. The van der Waals surface area contributed by atoms with Gasteiger partial charge in [0.15, 0.2) is 0 Å². The molecular formula is C11H15ClOS. The fraction of sp³-hybridized carbons (Fsp3) is 0.455. The molecule has 0 saturated carbocycles. The minimum atomic E-state index is 0.439. The maximum atomic E-state index is 5.91. The highest BCUT2D eigenvalue weighted by Crippen LogP contribution is 2.34. The van der Waals surface area contributed by atoms with Crippen molar-refractivity contribution in [1.82, 2.24) is 0 Å². The van der Waals surface area contributed by atoms with Crippen molar-refractivity contribution in [2.45, 2.75) is 19.1 Å². The molecule has 0 aromatic heterocycles. The second-order valence-electron chi connectivity index (χ2n) is 2.99. The van der Waals surface area contributed by atoms with Crippen LogP contribution in [0.2, 0.25) is 5.02 Å². The molecule has 0 aliphatic carbocycles. The largest absolute Gasteiger partial charge is 0.494 e. The minimum absolute atomic E-state index is 0.439. The number of benzene rings is 1. The van der Waals surface area contributed by atoms with Gasteiger partial charge in [0.25, 0.3) is 0 Å². The van der Waals surface area contributed by atoms with Gasteiger partial charge in [0.05, 0.1) is 6.61 Å². The van der Waals surface area contributed by atoms with Crippen molar-refractivity contribution in [2.75, 3.05) is 12.9 Å². The van der Waals surface area contributed by atoms with E-state index in [0.717, 1.165) is 10.8 Å². The maximum absolute atomic E-state index is 5.91. The quantitative estimate of drug-likeness (QED) is 0.768. The Bertz CT molecular complexity index is 301. The Hall–Kier alpha value is -0.340. The van der Waals surface area contributed by atoms with E-state index in [1.807, 2.05) is 25.1 Å². The lowest BCUT2D eigenvalue weighted by Crippen LogP contribution is -1.98. The first kappa shape index (κ1) is 11.7. The molecule has 14 heavy (non-hydrogen) atoms. The van der Waals surface area contributed by atoms with Gasteiger partial charge in [-0.3, -0.25) is 0 Å². The normalized spacial score (nSPS) is 12.6. The highest BCUT2D eigenvalue weighted by Gasteiger charge is 2.10. The van der Waals surface area contributed by atoms with Crippen molar-refractivity contribution in [3.8, 4) is 5.75 Å². The molecule has 0 aliphatic rings. The van der Waals surface area contributed by atoms with Crippen LogP contribution in [0.1, 0.15) is 24.7 Å². The number of rotatable bonds is 4. The highest BCUT2D eigenvalue weighted by atomic mass is 35.5. The van der Waals surface area contributed by atoms with Crippen LogP contribution in [0.25, 0.3) is 0 Å². The third kappa shape index (κ3) is 2.82. The van der Waals surface area contributed by atoms with Crippen molar-refractivity contribution in [3.63, 3.8) is 0 Å². The molecule has 1 aromatic rings. The second kappa shape index (κ2) is 5.52. The summed E-state index contributed by atoms with van der Waals surface area (Å²) in [5, 5.41) is 1.17. The third-order valence-corrected chi connectivity index (χ3v) is 3.26. The van der Waals surface area contributed by atoms with Gasteiger partial charge in [-0.05, 0) is 32.2 Å².